The van der Waals surface area contributed by atoms with Gasteiger partial charge in [0.15, 0.2) is 0 Å². The molecule has 1 atom stereocenters. The van der Waals surface area contributed by atoms with Crippen molar-refractivity contribution in [3.63, 3.8) is 0 Å². The lowest BCUT2D eigenvalue weighted by Crippen LogP contribution is -2.37. The van der Waals surface area contributed by atoms with Crippen molar-refractivity contribution in [2.75, 3.05) is 19.6 Å². The Bertz CT molecular complexity index is 886. The summed E-state index contributed by atoms with van der Waals surface area (Å²) in [5.41, 5.74) is 3.06. The van der Waals surface area contributed by atoms with Gasteiger partial charge in [0, 0.05) is 44.1 Å². The van der Waals surface area contributed by atoms with Crippen LogP contribution in [-0.4, -0.2) is 56.6 Å². The SMILES string of the molecule is O=C1CN(Cc2cn[nH]c2)CC(OCc2ccccn2)CN1Cc1ccccc1. The summed E-state index contributed by atoms with van der Waals surface area (Å²) in [6.07, 6.45) is 5.32. The van der Waals surface area contributed by atoms with Gasteiger partial charge in [0.1, 0.15) is 0 Å². The molecule has 1 fully saturated rings. The van der Waals surface area contributed by atoms with Gasteiger partial charge in [-0.2, -0.15) is 5.10 Å². The van der Waals surface area contributed by atoms with Crippen LogP contribution in [0.4, 0.5) is 0 Å². The van der Waals surface area contributed by atoms with Gasteiger partial charge >= 0.3 is 0 Å². The van der Waals surface area contributed by atoms with Gasteiger partial charge < -0.3 is 9.64 Å². The number of nitrogens with zero attached hydrogens (tertiary/aromatic N) is 4. The van der Waals surface area contributed by atoms with Crippen LogP contribution in [0.5, 0.6) is 0 Å². The zero-order chi connectivity index (χ0) is 19.9. The summed E-state index contributed by atoms with van der Waals surface area (Å²) < 4.78 is 6.19. The number of benzene rings is 1. The summed E-state index contributed by atoms with van der Waals surface area (Å²) in [7, 11) is 0. The van der Waals surface area contributed by atoms with Crippen molar-refractivity contribution in [2.24, 2.45) is 0 Å². The largest absolute Gasteiger partial charge is 0.369 e. The van der Waals surface area contributed by atoms with Crippen molar-refractivity contribution >= 4 is 5.91 Å². The molecule has 1 N–H and O–H groups in total. The Balaban J connectivity index is 1.47. The molecular formula is C22H25N5O2. The van der Waals surface area contributed by atoms with E-state index in [1.54, 1.807) is 12.4 Å². The summed E-state index contributed by atoms with van der Waals surface area (Å²) in [5.74, 6) is 0.112. The molecule has 1 saturated heterocycles. The molecule has 7 heteroatoms. The molecule has 1 unspecified atom stereocenters. The molecular weight excluding hydrogens is 366 g/mol. The summed E-state index contributed by atoms with van der Waals surface area (Å²) >= 11 is 0. The van der Waals surface area contributed by atoms with Crippen LogP contribution in [0.25, 0.3) is 0 Å². The van der Waals surface area contributed by atoms with Crippen LogP contribution in [0, 0.1) is 0 Å². The Morgan fingerprint density at radius 1 is 1.03 bits per heavy atom. The fourth-order valence-electron chi connectivity index (χ4n) is 3.54. The number of carbonyl (C=O) groups is 1. The van der Waals surface area contributed by atoms with Crippen molar-refractivity contribution in [3.05, 3.63) is 83.9 Å². The third-order valence-corrected chi connectivity index (χ3v) is 4.97. The second kappa shape index (κ2) is 9.45. The first-order valence-electron chi connectivity index (χ1n) is 9.79. The first kappa shape index (κ1) is 19.3. The number of aromatic amines is 1. The van der Waals surface area contributed by atoms with Gasteiger partial charge in [-0.25, -0.2) is 0 Å². The molecule has 3 heterocycles. The molecule has 7 nitrogen and oxygen atoms in total. The molecule has 4 rings (SSSR count). The fraction of sp³-hybridized carbons (Fsp3) is 0.318. The number of pyridine rings is 1. The Kier molecular flexibility index (Phi) is 6.29. The smallest absolute Gasteiger partial charge is 0.237 e. The van der Waals surface area contributed by atoms with Gasteiger partial charge in [-0.15, -0.1) is 0 Å². The molecule has 1 aromatic carbocycles. The van der Waals surface area contributed by atoms with E-state index in [1.165, 1.54) is 0 Å². The Morgan fingerprint density at radius 3 is 2.66 bits per heavy atom. The number of nitrogens with one attached hydrogen (secondary N) is 1. The van der Waals surface area contributed by atoms with Crippen LogP contribution in [0.1, 0.15) is 16.8 Å². The van der Waals surface area contributed by atoms with E-state index in [4.69, 9.17) is 4.74 Å². The highest BCUT2D eigenvalue weighted by Gasteiger charge is 2.28. The topological polar surface area (TPSA) is 74.3 Å². The minimum Gasteiger partial charge on any atom is -0.369 e. The van der Waals surface area contributed by atoms with Gasteiger partial charge in [0.05, 0.1) is 31.1 Å². The number of rotatable bonds is 7. The van der Waals surface area contributed by atoms with Crippen molar-refractivity contribution in [3.8, 4) is 0 Å². The van der Waals surface area contributed by atoms with E-state index in [9.17, 15) is 4.79 Å². The number of aromatic nitrogens is 3. The zero-order valence-corrected chi connectivity index (χ0v) is 16.3. The lowest BCUT2D eigenvalue weighted by molar-refractivity contribution is -0.132. The van der Waals surface area contributed by atoms with Crippen LogP contribution < -0.4 is 0 Å². The van der Waals surface area contributed by atoms with Crippen LogP contribution in [0.3, 0.4) is 0 Å². The molecule has 0 spiro atoms. The average molecular weight is 391 g/mol. The summed E-state index contributed by atoms with van der Waals surface area (Å²) in [5, 5.41) is 6.84. The average Bonchev–Trinajstić information content (AvgIpc) is 3.20. The predicted molar refractivity (Wildman–Crippen MR) is 109 cm³/mol. The van der Waals surface area contributed by atoms with Gasteiger partial charge in [-0.1, -0.05) is 36.4 Å². The van der Waals surface area contributed by atoms with Crippen molar-refractivity contribution in [1.29, 1.82) is 0 Å². The first-order valence-corrected chi connectivity index (χ1v) is 9.79. The molecule has 2 aromatic heterocycles. The summed E-state index contributed by atoms with van der Waals surface area (Å²) in [6.45, 7) is 3.27. The van der Waals surface area contributed by atoms with E-state index in [1.807, 2.05) is 59.6 Å². The highest BCUT2D eigenvalue weighted by Crippen LogP contribution is 2.15. The van der Waals surface area contributed by atoms with Gasteiger partial charge in [0.2, 0.25) is 5.91 Å². The molecule has 1 aliphatic rings. The number of hydrogen-bond acceptors (Lipinski definition) is 5. The molecule has 0 bridgehead atoms. The molecule has 3 aromatic rings. The summed E-state index contributed by atoms with van der Waals surface area (Å²) in [6, 6.07) is 15.9. The van der Waals surface area contributed by atoms with E-state index in [0.717, 1.165) is 16.8 Å². The van der Waals surface area contributed by atoms with Crippen LogP contribution >= 0.6 is 0 Å². The third kappa shape index (κ3) is 5.49. The summed E-state index contributed by atoms with van der Waals surface area (Å²) in [4.78, 5) is 21.3. The van der Waals surface area contributed by atoms with Crippen LogP contribution in [-0.2, 0) is 29.2 Å². The van der Waals surface area contributed by atoms with E-state index in [-0.39, 0.29) is 12.0 Å². The van der Waals surface area contributed by atoms with Gasteiger partial charge in [-0.3, -0.25) is 19.8 Å². The molecule has 150 valence electrons. The van der Waals surface area contributed by atoms with E-state index < -0.39 is 0 Å². The monoisotopic (exact) mass is 391 g/mol. The highest BCUT2D eigenvalue weighted by atomic mass is 16.5. The maximum Gasteiger partial charge on any atom is 0.237 e. The first-order chi connectivity index (χ1) is 14.3. The maximum atomic E-state index is 13.0. The zero-order valence-electron chi connectivity index (χ0n) is 16.3. The Morgan fingerprint density at radius 2 is 1.90 bits per heavy atom. The minimum atomic E-state index is -0.0981. The van der Waals surface area contributed by atoms with E-state index >= 15 is 0 Å². The highest BCUT2D eigenvalue weighted by molar-refractivity contribution is 5.78. The molecule has 0 aliphatic carbocycles. The number of amides is 1. The number of carbonyl (C=O) groups excluding carboxylic acids is 1. The standard InChI is InChI=1S/C22H25N5O2/c28-22-16-26(12-19-10-24-25-11-19)14-21(29-17-20-8-4-5-9-23-20)15-27(22)13-18-6-2-1-3-7-18/h1-11,21H,12-17H2,(H,24,25). The molecule has 1 aliphatic heterocycles. The number of H-pyrrole nitrogens is 1. The Hall–Kier alpha value is -3.03. The maximum absolute atomic E-state index is 13.0. The number of hydrogen-bond donors (Lipinski definition) is 1. The van der Waals surface area contributed by atoms with E-state index in [0.29, 0.717) is 39.3 Å². The van der Waals surface area contributed by atoms with Gasteiger partial charge in [-0.05, 0) is 17.7 Å². The van der Waals surface area contributed by atoms with Gasteiger partial charge in [0.25, 0.3) is 0 Å². The van der Waals surface area contributed by atoms with E-state index in [2.05, 4.69) is 20.1 Å². The molecule has 29 heavy (non-hydrogen) atoms. The normalized spacial score (nSPS) is 18.0. The lowest BCUT2D eigenvalue weighted by Gasteiger charge is -2.25. The van der Waals surface area contributed by atoms with Crippen molar-refractivity contribution in [1.82, 2.24) is 25.0 Å². The quantitative estimate of drug-likeness (QED) is 0.669. The molecule has 0 radical (unpaired) electrons. The number of ether oxygens (including phenoxy) is 1. The fourth-order valence-corrected chi connectivity index (χ4v) is 3.54. The second-order valence-electron chi connectivity index (χ2n) is 7.29. The van der Waals surface area contributed by atoms with Crippen molar-refractivity contribution in [2.45, 2.75) is 25.8 Å². The van der Waals surface area contributed by atoms with Crippen LogP contribution in [0.2, 0.25) is 0 Å². The predicted octanol–water partition coefficient (Wildman–Crippen LogP) is 2.23. The Labute approximate surface area is 170 Å². The molecule has 1 amide bonds. The lowest BCUT2D eigenvalue weighted by atomic mass is 10.2. The minimum absolute atomic E-state index is 0.0981. The molecule has 0 saturated carbocycles. The van der Waals surface area contributed by atoms with Crippen LogP contribution in [0.15, 0.2) is 67.1 Å². The third-order valence-electron chi connectivity index (χ3n) is 4.97. The second-order valence-corrected chi connectivity index (χ2v) is 7.29. The van der Waals surface area contributed by atoms with Crippen molar-refractivity contribution < 1.29 is 9.53 Å².